The van der Waals surface area contributed by atoms with E-state index in [1.54, 1.807) is 11.9 Å². The Kier molecular flexibility index (Phi) is 6.58. The van der Waals surface area contributed by atoms with Crippen molar-refractivity contribution in [2.24, 2.45) is 0 Å². The maximum Gasteiger partial charge on any atom is 0.326 e. The van der Waals surface area contributed by atoms with Crippen molar-refractivity contribution in [2.45, 2.75) is 31.3 Å². The van der Waals surface area contributed by atoms with Crippen LogP contribution in [-0.2, 0) is 9.53 Å². The van der Waals surface area contributed by atoms with Crippen molar-refractivity contribution in [3.05, 3.63) is 0 Å². The van der Waals surface area contributed by atoms with Gasteiger partial charge in [0.05, 0.1) is 0 Å². The molecule has 1 atom stereocenters. The summed E-state index contributed by atoms with van der Waals surface area (Å²) in [6, 6.07) is -1.08. The number of carbonyl (C=O) groups is 2. The minimum absolute atomic E-state index is 0.165. The smallest absolute Gasteiger partial charge is 0.326 e. The molecule has 1 saturated heterocycles. The van der Waals surface area contributed by atoms with Crippen molar-refractivity contribution in [1.29, 1.82) is 0 Å². The molecule has 1 aliphatic heterocycles. The number of nitrogens with zero attached hydrogens (tertiary/aromatic N) is 1. The Hall–Kier alpha value is -1.34. The van der Waals surface area contributed by atoms with E-state index in [-0.39, 0.29) is 18.5 Å². The van der Waals surface area contributed by atoms with Crippen LogP contribution >= 0.6 is 0 Å². The Morgan fingerprint density at radius 3 is 2.63 bits per heavy atom. The van der Waals surface area contributed by atoms with Gasteiger partial charge in [-0.1, -0.05) is 0 Å². The van der Waals surface area contributed by atoms with E-state index in [0.29, 0.717) is 6.61 Å². The second-order valence-electron chi connectivity index (χ2n) is 4.71. The zero-order valence-corrected chi connectivity index (χ0v) is 11.5. The minimum atomic E-state index is -1.04. The summed E-state index contributed by atoms with van der Waals surface area (Å²) in [4.78, 5) is 24.7. The SMILES string of the molecule is COCCC(NC(=O)N(C)C1CCNCC1)C(=O)O. The highest BCUT2D eigenvalue weighted by atomic mass is 16.5. The van der Waals surface area contributed by atoms with Gasteiger partial charge < -0.3 is 25.4 Å². The number of carboxylic acid groups (broad SMARTS) is 1. The van der Waals surface area contributed by atoms with E-state index in [4.69, 9.17) is 9.84 Å². The van der Waals surface area contributed by atoms with Crippen molar-refractivity contribution in [3.63, 3.8) is 0 Å². The first-order chi connectivity index (χ1) is 9.06. The molecule has 2 amide bonds. The third-order valence-electron chi connectivity index (χ3n) is 3.38. The second-order valence-corrected chi connectivity index (χ2v) is 4.71. The van der Waals surface area contributed by atoms with Crippen LogP contribution in [0.15, 0.2) is 0 Å². The Bertz CT molecular complexity index is 305. The van der Waals surface area contributed by atoms with Crippen molar-refractivity contribution < 1.29 is 19.4 Å². The van der Waals surface area contributed by atoms with Crippen molar-refractivity contribution in [2.75, 3.05) is 33.9 Å². The largest absolute Gasteiger partial charge is 0.480 e. The normalized spacial score (nSPS) is 17.8. The van der Waals surface area contributed by atoms with E-state index in [9.17, 15) is 9.59 Å². The van der Waals surface area contributed by atoms with E-state index in [0.717, 1.165) is 25.9 Å². The zero-order chi connectivity index (χ0) is 14.3. The fourth-order valence-electron chi connectivity index (χ4n) is 2.10. The molecule has 0 spiro atoms. The lowest BCUT2D eigenvalue weighted by molar-refractivity contribution is -0.139. The molecule has 110 valence electrons. The number of rotatable bonds is 6. The maximum atomic E-state index is 12.0. The molecule has 0 saturated carbocycles. The van der Waals surface area contributed by atoms with Crippen LogP contribution in [-0.4, -0.2) is 67.9 Å². The van der Waals surface area contributed by atoms with Gasteiger partial charge in [0.15, 0.2) is 0 Å². The molecule has 1 unspecified atom stereocenters. The van der Waals surface area contributed by atoms with Gasteiger partial charge in [-0.2, -0.15) is 0 Å². The molecule has 1 rings (SSSR count). The highest BCUT2D eigenvalue weighted by Crippen LogP contribution is 2.10. The van der Waals surface area contributed by atoms with Crippen LogP contribution < -0.4 is 10.6 Å². The summed E-state index contributed by atoms with van der Waals surface area (Å²) in [5, 5.41) is 14.8. The molecular weight excluding hydrogens is 250 g/mol. The van der Waals surface area contributed by atoms with E-state index in [1.165, 1.54) is 7.11 Å². The highest BCUT2D eigenvalue weighted by molar-refractivity contribution is 5.82. The summed E-state index contributed by atoms with van der Waals surface area (Å²) >= 11 is 0. The molecule has 0 aliphatic carbocycles. The average Bonchev–Trinajstić information content (AvgIpc) is 2.43. The summed E-state index contributed by atoms with van der Waals surface area (Å²) in [6.07, 6.45) is 2.04. The fourth-order valence-corrected chi connectivity index (χ4v) is 2.10. The van der Waals surface area contributed by atoms with Crippen LogP contribution in [0.25, 0.3) is 0 Å². The number of aliphatic carboxylic acids is 1. The van der Waals surface area contributed by atoms with Crippen molar-refractivity contribution in [1.82, 2.24) is 15.5 Å². The van der Waals surface area contributed by atoms with Gasteiger partial charge in [0.1, 0.15) is 6.04 Å². The number of ether oxygens (including phenoxy) is 1. The topological polar surface area (TPSA) is 90.9 Å². The predicted molar refractivity (Wildman–Crippen MR) is 70.1 cm³/mol. The molecule has 1 aliphatic rings. The zero-order valence-electron chi connectivity index (χ0n) is 11.5. The number of nitrogens with one attached hydrogen (secondary N) is 2. The van der Waals surface area contributed by atoms with E-state index in [2.05, 4.69) is 10.6 Å². The number of hydrogen-bond acceptors (Lipinski definition) is 4. The number of carbonyl (C=O) groups excluding carboxylic acids is 1. The van der Waals surface area contributed by atoms with Gasteiger partial charge in [-0.15, -0.1) is 0 Å². The van der Waals surface area contributed by atoms with Crippen LogP contribution in [0.1, 0.15) is 19.3 Å². The highest BCUT2D eigenvalue weighted by Gasteiger charge is 2.26. The Morgan fingerprint density at radius 2 is 2.11 bits per heavy atom. The molecule has 0 aromatic heterocycles. The summed E-state index contributed by atoms with van der Waals surface area (Å²) in [5.41, 5.74) is 0. The van der Waals surface area contributed by atoms with E-state index < -0.39 is 12.0 Å². The lowest BCUT2D eigenvalue weighted by atomic mass is 10.1. The molecule has 0 bridgehead atoms. The van der Waals surface area contributed by atoms with Crippen LogP contribution in [0.3, 0.4) is 0 Å². The van der Waals surface area contributed by atoms with Gasteiger partial charge >= 0.3 is 12.0 Å². The Labute approximate surface area is 113 Å². The first-order valence-electron chi connectivity index (χ1n) is 6.52. The van der Waals surface area contributed by atoms with Crippen molar-refractivity contribution >= 4 is 12.0 Å². The maximum absolute atomic E-state index is 12.0. The summed E-state index contributed by atoms with van der Waals surface area (Å²) in [6.45, 7) is 2.07. The van der Waals surface area contributed by atoms with Crippen LogP contribution in [0, 0.1) is 0 Å². The molecule has 0 aromatic carbocycles. The predicted octanol–water partition coefficient (Wildman–Crippen LogP) is -0.130. The quantitative estimate of drug-likeness (QED) is 0.627. The number of urea groups is 1. The molecule has 1 heterocycles. The van der Waals surface area contributed by atoms with E-state index in [1.807, 2.05) is 0 Å². The molecule has 7 nitrogen and oxygen atoms in total. The minimum Gasteiger partial charge on any atom is -0.480 e. The van der Waals surface area contributed by atoms with Gasteiger partial charge in [0.2, 0.25) is 0 Å². The van der Waals surface area contributed by atoms with Crippen LogP contribution in [0.4, 0.5) is 4.79 Å². The van der Waals surface area contributed by atoms with E-state index >= 15 is 0 Å². The molecule has 0 radical (unpaired) electrons. The standard InChI is InChI=1S/C12H23N3O4/c1-15(9-3-6-13-7-4-9)12(18)14-10(11(16)17)5-8-19-2/h9-10,13H,3-8H2,1-2H3,(H,14,18)(H,16,17). The first kappa shape index (κ1) is 15.7. The first-order valence-corrected chi connectivity index (χ1v) is 6.52. The lowest BCUT2D eigenvalue weighted by Crippen LogP contribution is -2.52. The van der Waals surface area contributed by atoms with Gasteiger partial charge in [-0.05, 0) is 25.9 Å². The van der Waals surface area contributed by atoms with Gasteiger partial charge in [0, 0.05) is 33.2 Å². The summed E-state index contributed by atoms with van der Waals surface area (Å²) in [5.74, 6) is -1.04. The molecular formula is C12H23N3O4. The Morgan fingerprint density at radius 1 is 1.47 bits per heavy atom. The van der Waals surface area contributed by atoms with Crippen LogP contribution in [0.5, 0.6) is 0 Å². The monoisotopic (exact) mass is 273 g/mol. The molecule has 1 fully saturated rings. The van der Waals surface area contributed by atoms with Gasteiger partial charge in [-0.25, -0.2) is 9.59 Å². The number of hydrogen-bond donors (Lipinski definition) is 3. The van der Waals surface area contributed by atoms with Gasteiger partial charge in [-0.3, -0.25) is 0 Å². The molecule has 3 N–H and O–H groups in total. The second kappa shape index (κ2) is 7.96. The van der Waals surface area contributed by atoms with Crippen LogP contribution in [0.2, 0.25) is 0 Å². The molecule has 7 heteroatoms. The Balaban J connectivity index is 2.47. The fraction of sp³-hybridized carbons (Fsp3) is 0.833. The van der Waals surface area contributed by atoms with Crippen molar-refractivity contribution in [3.8, 4) is 0 Å². The number of amides is 2. The number of carboxylic acids is 1. The molecule has 0 aromatic rings. The van der Waals surface area contributed by atoms with Gasteiger partial charge in [0.25, 0.3) is 0 Å². The third-order valence-corrected chi connectivity index (χ3v) is 3.38. The summed E-state index contributed by atoms with van der Waals surface area (Å²) < 4.78 is 4.84. The summed E-state index contributed by atoms with van der Waals surface area (Å²) in [7, 11) is 3.21. The lowest BCUT2D eigenvalue weighted by Gasteiger charge is -2.32. The third kappa shape index (κ3) is 5.04. The average molecular weight is 273 g/mol. The molecule has 19 heavy (non-hydrogen) atoms. The number of piperidine rings is 1. The number of methoxy groups -OCH3 is 1.